The number of allylic oxidation sites excluding steroid dienone is 3. The number of nitrogens with two attached hydrogens (primary N) is 2. The van der Waals surface area contributed by atoms with Crippen molar-refractivity contribution in [1.29, 1.82) is 0 Å². The molecule has 1 unspecified atom stereocenters. The van der Waals surface area contributed by atoms with Crippen LogP contribution in [0.1, 0.15) is 45.4 Å². The summed E-state index contributed by atoms with van der Waals surface area (Å²) in [5.41, 5.74) is 14.2. The topological polar surface area (TPSA) is 315 Å². The predicted octanol–water partition coefficient (Wildman–Crippen LogP) is 1.78. The highest BCUT2D eigenvalue weighted by atomic mass is 35.5. The number of hydrogen-bond donors (Lipinski definition) is 8. The second kappa shape index (κ2) is 19.7. The second-order valence-corrected chi connectivity index (χ2v) is 16.1. The van der Waals surface area contributed by atoms with Gasteiger partial charge in [-0.2, -0.15) is 0 Å². The van der Waals surface area contributed by atoms with E-state index in [4.69, 9.17) is 51.1 Å². The van der Waals surface area contributed by atoms with Crippen molar-refractivity contribution in [3.63, 3.8) is 0 Å². The van der Waals surface area contributed by atoms with Crippen LogP contribution in [0.5, 0.6) is 5.75 Å². The first-order valence-corrected chi connectivity index (χ1v) is 20.3. The molecule has 5 rings (SSSR count). The van der Waals surface area contributed by atoms with Crippen LogP contribution in [-0.2, 0) is 43.8 Å². The third-order valence-electron chi connectivity index (χ3n) is 9.70. The number of aromatic nitrogens is 4. The number of ether oxygens (including phenoxy) is 4. The molecule has 1 saturated heterocycles. The maximum Gasteiger partial charge on any atom is 0.477 e. The molecular weight excluding hydrogens is 833 g/mol. The van der Waals surface area contributed by atoms with Crippen LogP contribution in [0.3, 0.4) is 0 Å². The largest absolute Gasteiger partial charge is 0.495 e. The molecule has 0 saturated carbocycles. The lowest BCUT2D eigenvalue weighted by Gasteiger charge is -2.32. The Bertz CT molecular complexity index is 2180. The molecule has 1 amide bonds. The van der Waals surface area contributed by atoms with E-state index >= 15 is 0 Å². The van der Waals surface area contributed by atoms with Crippen LogP contribution in [0.15, 0.2) is 60.2 Å². The van der Waals surface area contributed by atoms with E-state index in [1.54, 1.807) is 24.3 Å². The zero-order valence-corrected chi connectivity index (χ0v) is 34.9. The summed E-state index contributed by atoms with van der Waals surface area (Å²) in [5, 5.41) is 46.3. The number of nitrogens with zero attached hydrogens (tertiary/aromatic N) is 4. The van der Waals surface area contributed by atoms with E-state index in [0.717, 1.165) is 17.5 Å². The van der Waals surface area contributed by atoms with Crippen LogP contribution in [0.2, 0.25) is 5.02 Å². The number of methoxy groups -OCH3 is 2. The van der Waals surface area contributed by atoms with Gasteiger partial charge in [0.2, 0.25) is 5.91 Å². The average molecular weight is 882 g/mol. The fraction of sp³-hybridized carbons (Fsp3) is 0.486. The number of carbonyl (C=O) groups excluding carboxylic acids is 2. The number of rotatable bonds is 10. The highest BCUT2D eigenvalue weighted by Crippen LogP contribution is 2.47. The molecule has 0 aliphatic carbocycles. The molecule has 1 fully saturated rings. The van der Waals surface area contributed by atoms with Crippen molar-refractivity contribution in [3.8, 4) is 5.75 Å². The number of fused-ring (bicyclic) bond motifs is 3. The monoisotopic (exact) mass is 881 g/mol. The molecule has 3 aromatic rings. The molecule has 10 atom stereocenters. The number of imidazole rings is 1. The number of hydrogen-bond acceptors (Lipinski definition) is 18. The lowest BCUT2D eigenvalue weighted by Crippen LogP contribution is -2.49. The minimum absolute atomic E-state index is 0.0550. The van der Waals surface area contributed by atoms with Crippen LogP contribution >= 0.6 is 19.4 Å². The van der Waals surface area contributed by atoms with E-state index in [0.29, 0.717) is 12.2 Å². The van der Waals surface area contributed by atoms with Gasteiger partial charge < -0.3 is 55.3 Å². The number of phosphoric ester groups is 1. The second-order valence-electron chi connectivity index (χ2n) is 14.4. The summed E-state index contributed by atoms with van der Waals surface area (Å²) in [6.07, 6.45) is -5.05. The Kier molecular flexibility index (Phi) is 15.4. The summed E-state index contributed by atoms with van der Waals surface area (Å²) >= 11 is 6.50. The maximum absolute atomic E-state index is 13.6. The van der Waals surface area contributed by atoms with Crippen molar-refractivity contribution in [2.24, 2.45) is 11.7 Å². The standard InChI is InChI=1S/C37H49ClN7O14P/c1-18-7-6-8-25(54-4)24(47)13-26(20(3)10-19(2)23(46)14-29(48)44-22-11-21(9-18)12-27(55-5)30(22)38)58-37(40,51)59-60(52,53)56-15-28-32(49)33(50)36(57-28)45-17-43-31-34(39)41-16-42-35(31)45/h6-8,10-12,16-17,20,23,25-26,28,32-33,36,46,49-51H,9,13-15,40H2,1-5H3,(H,44,48)(H,52,53)(H2,39,41,42)/b8-6+,18-7+,19-10+/t20-,23-,25+,26-,28+,32+,33+,36+,37-/m0/s1. The van der Waals surface area contributed by atoms with Crippen LogP contribution in [0, 0.1) is 5.92 Å². The van der Waals surface area contributed by atoms with Gasteiger partial charge in [0, 0.05) is 19.4 Å². The number of benzene rings is 1. The number of anilines is 2. The minimum atomic E-state index is -5.38. The van der Waals surface area contributed by atoms with Gasteiger partial charge in [0.25, 0.3) is 0 Å². The Balaban J connectivity index is 1.32. The lowest BCUT2D eigenvalue weighted by atomic mass is 9.93. The molecule has 2 bridgehead atoms. The molecule has 0 spiro atoms. The van der Waals surface area contributed by atoms with Crippen molar-refractivity contribution >= 4 is 53.8 Å². The lowest BCUT2D eigenvalue weighted by molar-refractivity contribution is -0.342. The summed E-state index contributed by atoms with van der Waals surface area (Å²) in [7, 11) is -2.63. The number of nitrogen functional groups attached to an aromatic ring is 1. The van der Waals surface area contributed by atoms with Gasteiger partial charge in [-0.3, -0.25) is 24.4 Å². The molecule has 328 valence electrons. The third-order valence-corrected chi connectivity index (χ3v) is 11.1. The quantitative estimate of drug-likeness (QED) is 0.0817. The number of halogens is 1. The van der Waals surface area contributed by atoms with E-state index in [-0.39, 0.29) is 33.3 Å². The Morgan fingerprint density at radius 1 is 1.12 bits per heavy atom. The first-order valence-electron chi connectivity index (χ1n) is 18.5. The normalized spacial score (nSPS) is 30.4. The molecule has 23 heteroatoms. The summed E-state index contributed by atoms with van der Waals surface area (Å²) in [6.45, 7) is 4.03. The summed E-state index contributed by atoms with van der Waals surface area (Å²) in [6, 6.07) is 3.41. The first kappa shape index (κ1) is 46.9. The minimum Gasteiger partial charge on any atom is -0.495 e. The molecule has 2 aliphatic rings. The van der Waals surface area contributed by atoms with Crippen molar-refractivity contribution in [2.45, 2.75) is 89.0 Å². The zero-order chi connectivity index (χ0) is 44.1. The van der Waals surface area contributed by atoms with E-state index in [1.165, 1.54) is 51.1 Å². The number of aliphatic hydroxyl groups excluding tert-OH is 3. The fourth-order valence-corrected chi connectivity index (χ4v) is 7.58. The molecular formula is C37H49ClN7O14P. The number of nitrogens with one attached hydrogen (secondary N) is 1. The van der Waals surface area contributed by atoms with E-state index in [1.807, 2.05) is 6.92 Å². The van der Waals surface area contributed by atoms with E-state index in [9.17, 15) is 39.5 Å². The van der Waals surface area contributed by atoms with E-state index in [2.05, 4.69) is 20.3 Å². The van der Waals surface area contributed by atoms with Gasteiger partial charge >= 0.3 is 13.9 Å². The molecule has 4 heterocycles. The summed E-state index contributed by atoms with van der Waals surface area (Å²) in [5.74, 6) is -1.66. The molecule has 0 radical (unpaired) electrons. The zero-order valence-electron chi connectivity index (χ0n) is 33.2. The highest BCUT2D eigenvalue weighted by Gasteiger charge is 2.47. The number of ketones is 1. The molecule has 2 aliphatic heterocycles. The van der Waals surface area contributed by atoms with Gasteiger partial charge in [-0.15, -0.1) is 0 Å². The van der Waals surface area contributed by atoms with Gasteiger partial charge in [0.05, 0.1) is 44.4 Å². The Morgan fingerprint density at radius 2 is 1.85 bits per heavy atom. The molecule has 10 N–H and O–H groups in total. The van der Waals surface area contributed by atoms with E-state index < -0.39 is 93.8 Å². The SMILES string of the molecule is COc1cc2cc(c1Cl)NC(=O)C[C@H](O)/C(C)=C/[C@H](C)[C@@H](O[C@](N)(O)OP(=O)(O)OC[C@H]1O[C@@H](n3cnc4c(N)ncnc43)[C@H](O)[C@@H]1O)CC(=O)[C@H](OC)/C=C/C=C(\C)C2. The number of Topliss-reactive ketones (excluding diaryl/α,β-unsaturated/α-hetero) is 1. The van der Waals surface area contributed by atoms with Crippen molar-refractivity contribution in [2.75, 3.05) is 31.9 Å². The number of carbonyl (C=O) groups is 2. The van der Waals surface area contributed by atoms with Gasteiger partial charge in [-0.05, 0) is 49.6 Å². The predicted molar refractivity (Wildman–Crippen MR) is 214 cm³/mol. The van der Waals surface area contributed by atoms with Crippen molar-refractivity contribution in [1.82, 2.24) is 19.5 Å². The van der Waals surface area contributed by atoms with Crippen LogP contribution in [-0.4, -0.2) is 120 Å². The van der Waals surface area contributed by atoms with Crippen molar-refractivity contribution < 1.29 is 67.5 Å². The van der Waals surface area contributed by atoms with Gasteiger partial charge in [0.1, 0.15) is 47.0 Å². The summed E-state index contributed by atoms with van der Waals surface area (Å²) < 4.78 is 46.3. The molecule has 1 aromatic carbocycles. The van der Waals surface area contributed by atoms with Crippen LogP contribution in [0.25, 0.3) is 11.2 Å². The first-order chi connectivity index (χ1) is 28.2. The molecule has 21 nitrogen and oxygen atoms in total. The fourth-order valence-electron chi connectivity index (χ4n) is 6.59. The van der Waals surface area contributed by atoms with Crippen molar-refractivity contribution in [3.05, 3.63) is 70.8 Å². The number of aliphatic hydroxyl groups is 4. The Labute approximate surface area is 349 Å². The average Bonchev–Trinajstić information content (AvgIpc) is 3.72. The smallest absolute Gasteiger partial charge is 0.477 e. The van der Waals surface area contributed by atoms with Gasteiger partial charge in [0.15, 0.2) is 23.5 Å². The molecule has 2 aromatic heterocycles. The van der Waals surface area contributed by atoms with Crippen LogP contribution in [0.4, 0.5) is 11.5 Å². The summed E-state index contributed by atoms with van der Waals surface area (Å²) in [4.78, 5) is 49.3. The Hall–Kier alpha value is -4.19. The number of phosphoric acid groups is 1. The number of amides is 1. The van der Waals surface area contributed by atoms with Gasteiger partial charge in [-0.1, -0.05) is 42.3 Å². The van der Waals surface area contributed by atoms with Crippen LogP contribution < -0.4 is 21.5 Å². The molecule has 60 heavy (non-hydrogen) atoms. The Morgan fingerprint density at radius 3 is 2.55 bits per heavy atom. The third kappa shape index (κ3) is 11.6. The van der Waals surface area contributed by atoms with Gasteiger partial charge in [-0.25, -0.2) is 24.0 Å². The highest BCUT2D eigenvalue weighted by molar-refractivity contribution is 7.47. The maximum atomic E-state index is 13.6.